The standard InChI is InChI=1S/C18H19N5OS/c1-11-9-14-16(25-11)15(17(24)23-7-4-8-23)22-18(21-14)20-12(2)13-5-3-6-19-10-13/h3,5-6,9-10,12H,4,7-8H2,1-2H3,(H,20,21,22). The van der Waals surface area contributed by atoms with Gasteiger partial charge in [0.1, 0.15) is 0 Å². The topological polar surface area (TPSA) is 71.0 Å². The molecule has 0 saturated carbocycles. The van der Waals surface area contributed by atoms with Crippen LogP contribution in [0, 0.1) is 6.92 Å². The highest BCUT2D eigenvalue weighted by atomic mass is 32.1. The van der Waals surface area contributed by atoms with Crippen LogP contribution in [0.15, 0.2) is 30.6 Å². The van der Waals surface area contributed by atoms with Crippen molar-refractivity contribution in [2.24, 2.45) is 0 Å². The Bertz CT molecular complexity index is 920. The van der Waals surface area contributed by atoms with E-state index in [1.54, 1.807) is 17.5 Å². The number of likely N-dealkylation sites (tertiary alicyclic amines) is 1. The summed E-state index contributed by atoms with van der Waals surface area (Å²) >= 11 is 1.57. The van der Waals surface area contributed by atoms with Crippen LogP contribution in [0.1, 0.15) is 40.3 Å². The van der Waals surface area contributed by atoms with Crippen LogP contribution in [0.3, 0.4) is 0 Å². The molecule has 1 aliphatic heterocycles. The molecular formula is C18H19N5OS. The first kappa shape index (κ1) is 16.0. The zero-order valence-corrected chi connectivity index (χ0v) is 15.0. The lowest BCUT2D eigenvalue weighted by Crippen LogP contribution is -2.42. The van der Waals surface area contributed by atoms with Crippen molar-refractivity contribution in [1.29, 1.82) is 0 Å². The monoisotopic (exact) mass is 353 g/mol. The van der Waals surface area contributed by atoms with Crippen molar-refractivity contribution in [2.75, 3.05) is 18.4 Å². The molecule has 1 fully saturated rings. The number of aryl methyl sites for hydroxylation is 1. The van der Waals surface area contributed by atoms with E-state index in [0.29, 0.717) is 11.6 Å². The smallest absolute Gasteiger partial charge is 0.274 e. The Kier molecular flexibility index (Phi) is 4.09. The maximum Gasteiger partial charge on any atom is 0.274 e. The van der Waals surface area contributed by atoms with Gasteiger partial charge in [-0.2, -0.15) is 0 Å². The summed E-state index contributed by atoms with van der Waals surface area (Å²) in [4.78, 5) is 29.0. The number of nitrogens with one attached hydrogen (secondary N) is 1. The summed E-state index contributed by atoms with van der Waals surface area (Å²) in [7, 11) is 0. The number of anilines is 1. The fourth-order valence-corrected chi connectivity index (χ4v) is 3.77. The number of rotatable bonds is 4. The van der Waals surface area contributed by atoms with E-state index < -0.39 is 0 Å². The molecule has 0 spiro atoms. The predicted octanol–water partition coefficient (Wildman–Crippen LogP) is 3.41. The molecule has 3 aromatic rings. The molecule has 4 heterocycles. The molecule has 0 aliphatic carbocycles. The number of carbonyl (C=O) groups excluding carboxylic acids is 1. The van der Waals surface area contributed by atoms with Crippen molar-refractivity contribution in [3.63, 3.8) is 0 Å². The van der Waals surface area contributed by atoms with Gasteiger partial charge in [0.05, 0.1) is 16.3 Å². The van der Waals surface area contributed by atoms with Crippen LogP contribution < -0.4 is 5.32 Å². The second-order valence-corrected chi connectivity index (χ2v) is 7.52. The van der Waals surface area contributed by atoms with Gasteiger partial charge in [0.25, 0.3) is 5.91 Å². The third-order valence-corrected chi connectivity index (χ3v) is 5.42. The molecular weight excluding hydrogens is 334 g/mol. The number of nitrogens with zero attached hydrogens (tertiary/aromatic N) is 4. The number of thiophene rings is 1. The van der Waals surface area contributed by atoms with Gasteiger partial charge in [-0.05, 0) is 38.0 Å². The van der Waals surface area contributed by atoms with Crippen molar-refractivity contribution in [2.45, 2.75) is 26.3 Å². The maximum absolute atomic E-state index is 12.8. The van der Waals surface area contributed by atoms with Crippen LogP contribution in [0.4, 0.5) is 5.95 Å². The zero-order chi connectivity index (χ0) is 17.4. The molecule has 1 N–H and O–H groups in total. The Labute approximate surface area is 149 Å². The lowest BCUT2D eigenvalue weighted by Gasteiger charge is -2.30. The summed E-state index contributed by atoms with van der Waals surface area (Å²) in [5.41, 5.74) is 2.37. The predicted molar refractivity (Wildman–Crippen MR) is 98.9 cm³/mol. The summed E-state index contributed by atoms with van der Waals surface area (Å²) in [5, 5.41) is 3.30. The van der Waals surface area contributed by atoms with E-state index in [0.717, 1.165) is 40.2 Å². The van der Waals surface area contributed by atoms with Gasteiger partial charge < -0.3 is 10.2 Å². The molecule has 0 bridgehead atoms. The minimum absolute atomic E-state index is 0.00200. The minimum atomic E-state index is -0.00224. The molecule has 0 radical (unpaired) electrons. The summed E-state index contributed by atoms with van der Waals surface area (Å²) in [6, 6.07) is 5.91. The van der Waals surface area contributed by atoms with E-state index in [2.05, 4.69) is 20.3 Å². The normalized spacial score (nSPS) is 15.0. The maximum atomic E-state index is 12.8. The SMILES string of the molecule is Cc1cc2nc(NC(C)c3cccnc3)nc(C(=O)N3CCC3)c2s1. The van der Waals surface area contributed by atoms with Gasteiger partial charge in [-0.25, -0.2) is 9.97 Å². The first-order valence-corrected chi connectivity index (χ1v) is 9.17. The van der Waals surface area contributed by atoms with E-state index in [4.69, 9.17) is 0 Å². The number of hydrogen-bond acceptors (Lipinski definition) is 6. The quantitative estimate of drug-likeness (QED) is 0.778. The molecule has 0 aromatic carbocycles. The van der Waals surface area contributed by atoms with Crippen LogP contribution in [-0.2, 0) is 0 Å². The van der Waals surface area contributed by atoms with Crippen molar-refractivity contribution in [3.05, 3.63) is 46.7 Å². The highest BCUT2D eigenvalue weighted by molar-refractivity contribution is 7.19. The fourth-order valence-electron chi connectivity index (χ4n) is 2.84. The molecule has 7 heteroatoms. The van der Waals surface area contributed by atoms with E-state index >= 15 is 0 Å². The van der Waals surface area contributed by atoms with Crippen LogP contribution >= 0.6 is 11.3 Å². The summed E-state index contributed by atoms with van der Waals surface area (Å²) in [6.45, 7) is 5.67. The zero-order valence-electron chi connectivity index (χ0n) is 14.2. The molecule has 1 unspecified atom stereocenters. The lowest BCUT2D eigenvalue weighted by molar-refractivity contribution is 0.0648. The van der Waals surface area contributed by atoms with Gasteiger partial charge in [-0.15, -0.1) is 11.3 Å². The Morgan fingerprint density at radius 2 is 2.20 bits per heavy atom. The van der Waals surface area contributed by atoms with Crippen molar-refractivity contribution >= 4 is 33.4 Å². The van der Waals surface area contributed by atoms with Crippen LogP contribution in [0.2, 0.25) is 0 Å². The lowest BCUT2D eigenvalue weighted by atomic mass is 10.1. The van der Waals surface area contributed by atoms with Gasteiger partial charge >= 0.3 is 0 Å². The van der Waals surface area contributed by atoms with Gasteiger partial charge in [0.2, 0.25) is 5.95 Å². The molecule has 1 aliphatic rings. The molecule has 1 saturated heterocycles. The Balaban J connectivity index is 1.70. The number of aromatic nitrogens is 3. The molecule has 1 amide bonds. The van der Waals surface area contributed by atoms with E-state index in [9.17, 15) is 4.79 Å². The second kappa shape index (κ2) is 6.40. The largest absolute Gasteiger partial charge is 0.348 e. The molecule has 1 atom stereocenters. The highest BCUT2D eigenvalue weighted by Gasteiger charge is 2.26. The average Bonchev–Trinajstić information content (AvgIpc) is 2.93. The third-order valence-electron chi connectivity index (χ3n) is 4.37. The Morgan fingerprint density at radius 1 is 1.36 bits per heavy atom. The first-order valence-electron chi connectivity index (χ1n) is 8.36. The van der Waals surface area contributed by atoms with Gasteiger partial charge in [-0.3, -0.25) is 9.78 Å². The number of carbonyl (C=O) groups is 1. The average molecular weight is 353 g/mol. The summed E-state index contributed by atoms with van der Waals surface area (Å²) < 4.78 is 0.869. The second-order valence-electron chi connectivity index (χ2n) is 6.27. The van der Waals surface area contributed by atoms with Crippen LogP contribution in [0.5, 0.6) is 0 Å². The van der Waals surface area contributed by atoms with Crippen LogP contribution in [0.25, 0.3) is 10.2 Å². The van der Waals surface area contributed by atoms with Gasteiger partial charge in [0.15, 0.2) is 5.69 Å². The molecule has 4 rings (SSSR count). The molecule has 128 valence electrons. The van der Waals surface area contributed by atoms with E-state index in [1.807, 2.05) is 43.1 Å². The van der Waals surface area contributed by atoms with Crippen molar-refractivity contribution in [1.82, 2.24) is 19.9 Å². The summed E-state index contributed by atoms with van der Waals surface area (Å²) in [5.74, 6) is 0.475. The molecule has 25 heavy (non-hydrogen) atoms. The van der Waals surface area contributed by atoms with E-state index in [-0.39, 0.29) is 11.9 Å². The first-order chi connectivity index (χ1) is 12.1. The third kappa shape index (κ3) is 3.07. The summed E-state index contributed by atoms with van der Waals surface area (Å²) in [6.07, 6.45) is 4.63. The van der Waals surface area contributed by atoms with Crippen LogP contribution in [-0.4, -0.2) is 38.8 Å². The number of hydrogen-bond donors (Lipinski definition) is 1. The van der Waals surface area contributed by atoms with Gasteiger partial charge in [0, 0.05) is 30.4 Å². The Hall–Kier alpha value is -2.54. The fraction of sp³-hybridized carbons (Fsp3) is 0.333. The highest BCUT2D eigenvalue weighted by Crippen LogP contribution is 2.29. The Morgan fingerprint density at radius 3 is 2.88 bits per heavy atom. The van der Waals surface area contributed by atoms with Gasteiger partial charge in [-0.1, -0.05) is 6.07 Å². The molecule has 6 nitrogen and oxygen atoms in total. The van der Waals surface area contributed by atoms with Crippen molar-refractivity contribution < 1.29 is 4.79 Å². The number of amides is 1. The molecule has 3 aromatic heterocycles. The van der Waals surface area contributed by atoms with Crippen molar-refractivity contribution in [3.8, 4) is 0 Å². The minimum Gasteiger partial charge on any atom is -0.348 e. The number of pyridine rings is 1. The van der Waals surface area contributed by atoms with E-state index in [1.165, 1.54) is 0 Å². The number of fused-ring (bicyclic) bond motifs is 1.